The number of nitrogens with one attached hydrogen (secondary N) is 2. The number of rotatable bonds is 6. The quantitative estimate of drug-likeness (QED) is 0.610. The Balaban J connectivity index is 1.40. The summed E-state index contributed by atoms with van der Waals surface area (Å²) in [5.41, 5.74) is 1.11. The lowest BCUT2D eigenvalue weighted by molar-refractivity contribution is -0.132. The summed E-state index contributed by atoms with van der Waals surface area (Å²) in [4.78, 5) is 39.0. The monoisotopic (exact) mass is 448 g/mol. The van der Waals surface area contributed by atoms with E-state index in [0.717, 1.165) is 12.8 Å². The smallest absolute Gasteiger partial charge is 0.273 e. The minimum atomic E-state index is -1.30. The zero-order chi connectivity index (χ0) is 23.3. The van der Waals surface area contributed by atoms with Crippen molar-refractivity contribution in [3.05, 3.63) is 35.5 Å². The molecule has 2 heterocycles. The highest BCUT2D eigenvalue weighted by atomic mass is 16.3. The Morgan fingerprint density at radius 1 is 1.30 bits per heavy atom. The van der Waals surface area contributed by atoms with Gasteiger partial charge in [0.2, 0.25) is 5.91 Å². The summed E-state index contributed by atoms with van der Waals surface area (Å²) in [6.07, 6.45) is 2.58. The van der Waals surface area contributed by atoms with Crippen LogP contribution in [0.3, 0.4) is 0 Å². The Kier molecular flexibility index (Phi) is 4.94. The molecule has 1 atom stereocenters. The maximum absolute atomic E-state index is 13.1. The third kappa shape index (κ3) is 3.96. The summed E-state index contributed by atoms with van der Waals surface area (Å²) in [5, 5.41) is 29.4. The van der Waals surface area contributed by atoms with Crippen molar-refractivity contribution in [2.45, 2.75) is 44.2 Å². The fourth-order valence-electron chi connectivity index (χ4n) is 4.00. The molecule has 0 radical (unpaired) electrons. The Bertz CT molecular complexity index is 1200. The van der Waals surface area contributed by atoms with Crippen LogP contribution in [0.15, 0.2) is 24.3 Å². The molecule has 3 amide bonds. The van der Waals surface area contributed by atoms with E-state index in [2.05, 4.69) is 21.8 Å². The number of nitriles is 1. The molecule has 33 heavy (non-hydrogen) atoms. The highest BCUT2D eigenvalue weighted by Crippen LogP contribution is 2.36. The van der Waals surface area contributed by atoms with Gasteiger partial charge in [-0.1, -0.05) is 0 Å². The number of hydrogen-bond acceptors (Lipinski definition) is 6. The fourth-order valence-corrected chi connectivity index (χ4v) is 4.00. The summed E-state index contributed by atoms with van der Waals surface area (Å²) in [5.74, 6) is -0.833. The third-order valence-electron chi connectivity index (χ3n) is 6.35. The van der Waals surface area contributed by atoms with Gasteiger partial charge in [-0.15, -0.1) is 0 Å². The van der Waals surface area contributed by atoms with Crippen LogP contribution >= 0.6 is 0 Å². The van der Waals surface area contributed by atoms with Crippen LogP contribution in [-0.2, 0) is 9.59 Å². The van der Waals surface area contributed by atoms with Gasteiger partial charge in [0, 0.05) is 18.0 Å². The van der Waals surface area contributed by atoms with Crippen molar-refractivity contribution < 1.29 is 19.5 Å². The van der Waals surface area contributed by atoms with Crippen LogP contribution in [0.25, 0.3) is 11.3 Å². The molecule has 10 heteroatoms. The lowest BCUT2D eigenvalue weighted by Gasteiger charge is -2.32. The molecule has 1 aromatic heterocycles. The average molecular weight is 448 g/mol. The van der Waals surface area contributed by atoms with Crippen molar-refractivity contribution in [1.29, 1.82) is 5.26 Å². The Morgan fingerprint density at radius 2 is 2.06 bits per heavy atom. The molecule has 10 nitrogen and oxygen atoms in total. The van der Waals surface area contributed by atoms with Gasteiger partial charge in [-0.25, -0.2) is 0 Å². The number of carbonyl (C=O) groups is 3. The molecule has 1 aliphatic heterocycles. The first-order chi connectivity index (χ1) is 15.8. The summed E-state index contributed by atoms with van der Waals surface area (Å²) in [7, 11) is 0. The van der Waals surface area contributed by atoms with Gasteiger partial charge in [0.15, 0.2) is 0 Å². The lowest BCUT2D eigenvalue weighted by atomic mass is 10.1. The number of aliphatic hydroxyl groups is 1. The lowest BCUT2D eigenvalue weighted by Crippen LogP contribution is -2.49. The van der Waals surface area contributed by atoms with Crippen LogP contribution in [0.5, 0.6) is 0 Å². The second kappa shape index (κ2) is 7.71. The van der Waals surface area contributed by atoms with E-state index in [1.165, 1.54) is 4.90 Å². The molecule has 0 saturated heterocycles. The Hall–Kier alpha value is -3.71. The highest BCUT2D eigenvalue weighted by molar-refractivity contribution is 5.99. The van der Waals surface area contributed by atoms with Gasteiger partial charge in [0.25, 0.3) is 11.8 Å². The largest absolute Gasteiger partial charge is 0.380 e. The van der Waals surface area contributed by atoms with E-state index >= 15 is 0 Å². The molecular weight excluding hydrogens is 424 g/mol. The number of nitrogens with zero attached hydrogens (tertiary/aromatic N) is 4. The van der Waals surface area contributed by atoms with Crippen molar-refractivity contribution in [2.75, 3.05) is 18.5 Å². The molecule has 3 aliphatic rings. The molecule has 0 bridgehead atoms. The normalized spacial score (nSPS) is 20.6. The molecule has 0 spiro atoms. The highest BCUT2D eigenvalue weighted by Gasteiger charge is 2.48. The third-order valence-corrected chi connectivity index (χ3v) is 6.35. The van der Waals surface area contributed by atoms with E-state index in [9.17, 15) is 24.8 Å². The topological polar surface area (TPSA) is 140 Å². The van der Waals surface area contributed by atoms with E-state index in [1.54, 1.807) is 28.9 Å². The summed E-state index contributed by atoms with van der Waals surface area (Å²) < 4.78 is 1.65. The van der Waals surface area contributed by atoms with E-state index in [4.69, 9.17) is 0 Å². The van der Waals surface area contributed by atoms with Crippen LogP contribution in [-0.4, -0.2) is 56.3 Å². The van der Waals surface area contributed by atoms with Crippen molar-refractivity contribution in [3.8, 4) is 17.3 Å². The molecule has 2 fully saturated rings. The van der Waals surface area contributed by atoms with E-state index < -0.39 is 11.5 Å². The standard InChI is InChI=1S/C23H24N6O4/c1-13-11-28(12-25-22(32)23(33)6-7-23)21(31)19-9-18(27-29(13)19)16-5-2-14(10-24)8-17(16)26-20(30)15-3-4-15/h2,5,8-9,13,15,33H,3-4,6-7,11-12H2,1H3,(H,25,32)(H,26,30)/t13-/m0/s1. The molecular formula is C23H24N6O4. The van der Waals surface area contributed by atoms with Crippen molar-refractivity contribution in [2.24, 2.45) is 5.92 Å². The van der Waals surface area contributed by atoms with Gasteiger partial charge < -0.3 is 20.6 Å². The van der Waals surface area contributed by atoms with Crippen LogP contribution in [0.1, 0.15) is 54.7 Å². The zero-order valence-corrected chi connectivity index (χ0v) is 18.2. The maximum Gasteiger partial charge on any atom is 0.273 e. The van der Waals surface area contributed by atoms with Gasteiger partial charge in [-0.3, -0.25) is 19.1 Å². The van der Waals surface area contributed by atoms with Crippen molar-refractivity contribution >= 4 is 23.4 Å². The van der Waals surface area contributed by atoms with Gasteiger partial charge in [0.05, 0.1) is 35.7 Å². The summed E-state index contributed by atoms with van der Waals surface area (Å²) in [6, 6.07) is 8.58. The van der Waals surface area contributed by atoms with Crippen LogP contribution < -0.4 is 10.6 Å². The molecule has 2 saturated carbocycles. The molecule has 0 unspecified atom stereocenters. The van der Waals surface area contributed by atoms with Gasteiger partial charge >= 0.3 is 0 Å². The predicted octanol–water partition coefficient (Wildman–Crippen LogP) is 1.39. The summed E-state index contributed by atoms with van der Waals surface area (Å²) in [6.45, 7) is 2.28. The van der Waals surface area contributed by atoms with Gasteiger partial charge in [-0.05, 0) is 56.9 Å². The van der Waals surface area contributed by atoms with Crippen molar-refractivity contribution in [3.63, 3.8) is 0 Å². The Morgan fingerprint density at radius 3 is 2.73 bits per heavy atom. The molecule has 2 aromatic rings. The number of hydrogen-bond donors (Lipinski definition) is 3. The molecule has 1 aromatic carbocycles. The minimum Gasteiger partial charge on any atom is -0.380 e. The number of anilines is 1. The first kappa shape index (κ1) is 21.2. The SMILES string of the molecule is C[C@H]1CN(CNC(=O)C2(O)CC2)C(=O)c2cc(-c3ccc(C#N)cc3NC(=O)C3CC3)nn21. The van der Waals surface area contributed by atoms with Gasteiger partial charge in [0.1, 0.15) is 11.3 Å². The molecule has 5 rings (SSSR count). The fraction of sp³-hybridized carbons (Fsp3) is 0.435. The number of fused-ring (bicyclic) bond motifs is 1. The second-order valence-electron chi connectivity index (χ2n) is 9.07. The second-order valence-corrected chi connectivity index (χ2v) is 9.07. The first-order valence-electron chi connectivity index (χ1n) is 11.0. The molecule has 170 valence electrons. The predicted molar refractivity (Wildman–Crippen MR) is 117 cm³/mol. The number of carbonyl (C=O) groups excluding carboxylic acids is 3. The minimum absolute atomic E-state index is 0.00198. The Labute approximate surface area is 190 Å². The molecule has 2 aliphatic carbocycles. The van der Waals surface area contributed by atoms with Crippen molar-refractivity contribution in [1.82, 2.24) is 20.0 Å². The van der Waals surface area contributed by atoms with E-state index in [1.807, 2.05) is 6.92 Å². The van der Waals surface area contributed by atoms with Crippen LogP contribution in [0.2, 0.25) is 0 Å². The number of amides is 3. The average Bonchev–Trinajstić information content (AvgIpc) is 3.73. The number of benzene rings is 1. The van der Waals surface area contributed by atoms with Gasteiger partial charge in [-0.2, -0.15) is 10.4 Å². The number of aromatic nitrogens is 2. The van der Waals surface area contributed by atoms with Crippen LogP contribution in [0, 0.1) is 17.2 Å². The van der Waals surface area contributed by atoms with E-state index in [0.29, 0.717) is 47.6 Å². The molecule has 3 N–H and O–H groups in total. The maximum atomic E-state index is 13.1. The van der Waals surface area contributed by atoms with E-state index in [-0.39, 0.29) is 30.4 Å². The first-order valence-corrected chi connectivity index (χ1v) is 11.0. The summed E-state index contributed by atoms with van der Waals surface area (Å²) >= 11 is 0. The zero-order valence-electron chi connectivity index (χ0n) is 18.2. The van der Waals surface area contributed by atoms with Crippen LogP contribution in [0.4, 0.5) is 5.69 Å².